The summed E-state index contributed by atoms with van der Waals surface area (Å²) in [6.07, 6.45) is 0. The maximum atomic E-state index is 12.2. The highest BCUT2D eigenvalue weighted by Crippen LogP contribution is 2.30. The molecule has 0 aliphatic carbocycles. The third-order valence-electron chi connectivity index (χ3n) is 2.72. The molecule has 6 heteroatoms. The average Bonchev–Trinajstić information content (AvgIpc) is 2.37. The normalized spacial score (nSPS) is 14.9. The Morgan fingerprint density at radius 3 is 2.22 bits per heavy atom. The van der Waals surface area contributed by atoms with Crippen LogP contribution >= 0.6 is 15.9 Å². The molecule has 0 heterocycles. The molecule has 0 unspecified atom stereocenters. The van der Waals surface area contributed by atoms with Gasteiger partial charge in [-0.2, -0.15) is 0 Å². The number of carbonyl (C=O) groups is 1. The predicted molar refractivity (Wildman–Crippen MR) is 74.1 cm³/mol. The van der Waals surface area contributed by atoms with Crippen LogP contribution in [0.15, 0.2) is 24.3 Å². The van der Waals surface area contributed by atoms with Gasteiger partial charge in [0.2, 0.25) is 0 Å². The zero-order valence-electron chi connectivity index (χ0n) is 10.4. The van der Waals surface area contributed by atoms with Crippen LogP contribution in [0.5, 0.6) is 5.75 Å². The first-order chi connectivity index (χ1) is 8.26. The molecule has 0 bridgehead atoms. The molecule has 0 amide bonds. The number of ketones is 1. The van der Waals surface area contributed by atoms with Gasteiger partial charge in [0.25, 0.3) is 0 Å². The molecule has 0 spiro atoms. The van der Waals surface area contributed by atoms with Crippen molar-refractivity contribution in [2.24, 2.45) is 0 Å². The molecule has 0 saturated carbocycles. The summed E-state index contributed by atoms with van der Waals surface area (Å²) in [5, 5.41) is 0. The number of sulfone groups is 1. The molecule has 1 rings (SSSR count). The zero-order valence-corrected chi connectivity index (χ0v) is 12.8. The Bertz CT molecular complexity index is 532. The van der Waals surface area contributed by atoms with Crippen LogP contribution in [-0.2, 0) is 9.84 Å². The Morgan fingerprint density at radius 1 is 1.33 bits per heavy atom. The van der Waals surface area contributed by atoms with Gasteiger partial charge in [-0.1, -0.05) is 22.9 Å². The van der Waals surface area contributed by atoms with Crippen molar-refractivity contribution in [1.82, 2.24) is 0 Å². The van der Waals surface area contributed by atoms with Crippen molar-refractivity contribution >= 4 is 31.6 Å². The van der Waals surface area contributed by atoms with Gasteiger partial charge in [0.05, 0.1) is 7.11 Å². The van der Waals surface area contributed by atoms with E-state index < -0.39 is 19.3 Å². The van der Waals surface area contributed by atoms with E-state index >= 15 is 0 Å². The fourth-order valence-corrected chi connectivity index (χ4v) is 3.27. The first-order valence-electron chi connectivity index (χ1n) is 5.36. The van der Waals surface area contributed by atoms with Crippen LogP contribution in [0, 0.1) is 0 Å². The molecule has 0 radical (unpaired) electrons. The first-order valence-corrected chi connectivity index (χ1v) is 7.81. The molecule has 0 aliphatic heterocycles. The van der Waals surface area contributed by atoms with Gasteiger partial charge in [-0.15, -0.1) is 0 Å². The molecule has 4 nitrogen and oxygen atoms in total. The van der Waals surface area contributed by atoms with Gasteiger partial charge in [-0.25, -0.2) is 8.42 Å². The molecule has 18 heavy (non-hydrogen) atoms. The topological polar surface area (TPSA) is 60.4 Å². The van der Waals surface area contributed by atoms with Crippen LogP contribution in [0.25, 0.3) is 0 Å². The number of Topliss-reactive ketones (excluding diaryl/α,β-unsaturated/α-hetero) is 1. The Morgan fingerprint density at radius 2 is 1.83 bits per heavy atom. The molecular weight excluding hydrogens is 320 g/mol. The Balaban J connectivity index is 3.14. The molecule has 1 aromatic rings. The fourth-order valence-electron chi connectivity index (χ4n) is 1.41. The standard InChI is InChI=1S/C12H15BrO4S/c1-4-18(15,16)12(2,13)11(14)9-5-7-10(17-3)8-6-9/h5-8H,4H2,1-3H3/t12-/m0/s1. The van der Waals surface area contributed by atoms with E-state index in [0.717, 1.165) is 0 Å². The van der Waals surface area contributed by atoms with Crippen molar-refractivity contribution in [2.45, 2.75) is 17.5 Å². The van der Waals surface area contributed by atoms with E-state index in [4.69, 9.17) is 4.74 Å². The van der Waals surface area contributed by atoms with E-state index in [-0.39, 0.29) is 5.75 Å². The third-order valence-corrected chi connectivity index (χ3v) is 6.68. The van der Waals surface area contributed by atoms with E-state index in [1.165, 1.54) is 21.0 Å². The minimum absolute atomic E-state index is 0.101. The van der Waals surface area contributed by atoms with Crippen LogP contribution in [0.2, 0.25) is 0 Å². The Hall–Kier alpha value is -0.880. The Kier molecular flexibility index (Phi) is 4.55. The van der Waals surface area contributed by atoms with Crippen molar-refractivity contribution in [3.63, 3.8) is 0 Å². The maximum absolute atomic E-state index is 12.2. The van der Waals surface area contributed by atoms with E-state index in [1.807, 2.05) is 0 Å². The summed E-state index contributed by atoms with van der Waals surface area (Å²) in [7, 11) is -2.00. The highest BCUT2D eigenvalue weighted by Gasteiger charge is 2.42. The quantitative estimate of drug-likeness (QED) is 0.612. The highest BCUT2D eigenvalue weighted by molar-refractivity contribution is 9.12. The van der Waals surface area contributed by atoms with Crippen molar-refractivity contribution < 1.29 is 17.9 Å². The number of hydrogen-bond acceptors (Lipinski definition) is 4. The second kappa shape index (κ2) is 5.40. The molecule has 0 saturated heterocycles. The largest absolute Gasteiger partial charge is 0.497 e. The van der Waals surface area contributed by atoms with E-state index in [0.29, 0.717) is 11.3 Å². The fraction of sp³-hybridized carbons (Fsp3) is 0.417. The van der Waals surface area contributed by atoms with Gasteiger partial charge in [-0.05, 0) is 31.2 Å². The molecular formula is C12H15BrO4S. The predicted octanol–water partition coefficient (Wildman–Crippen LogP) is 2.42. The minimum atomic E-state index is -3.52. The smallest absolute Gasteiger partial charge is 0.194 e. The number of alkyl halides is 1. The van der Waals surface area contributed by atoms with Gasteiger partial charge in [0.1, 0.15) is 5.75 Å². The van der Waals surface area contributed by atoms with Crippen LogP contribution < -0.4 is 4.74 Å². The lowest BCUT2D eigenvalue weighted by Crippen LogP contribution is -2.38. The lowest BCUT2D eigenvalue weighted by atomic mass is 10.1. The summed E-state index contributed by atoms with van der Waals surface area (Å²) in [6.45, 7) is 2.87. The molecule has 100 valence electrons. The molecule has 0 fully saturated rings. The van der Waals surface area contributed by atoms with Gasteiger partial charge in [0.15, 0.2) is 19.3 Å². The summed E-state index contributed by atoms with van der Waals surface area (Å²) in [4.78, 5) is 12.2. The lowest BCUT2D eigenvalue weighted by molar-refractivity contribution is 0.0983. The Labute approximate surface area is 115 Å². The molecule has 0 aromatic heterocycles. The maximum Gasteiger partial charge on any atom is 0.194 e. The molecule has 1 atom stereocenters. The first kappa shape index (κ1) is 15.2. The van der Waals surface area contributed by atoms with Gasteiger partial charge in [0, 0.05) is 11.3 Å². The molecule has 0 aliphatic rings. The summed E-state index contributed by atoms with van der Waals surface area (Å²) in [6, 6.07) is 6.33. The van der Waals surface area contributed by atoms with Gasteiger partial charge < -0.3 is 4.74 Å². The number of methoxy groups -OCH3 is 1. The second-order valence-electron chi connectivity index (χ2n) is 3.88. The van der Waals surface area contributed by atoms with Crippen molar-refractivity contribution in [1.29, 1.82) is 0 Å². The van der Waals surface area contributed by atoms with Crippen LogP contribution in [0.1, 0.15) is 24.2 Å². The van der Waals surface area contributed by atoms with Crippen molar-refractivity contribution in [2.75, 3.05) is 12.9 Å². The summed E-state index contributed by atoms with van der Waals surface area (Å²) in [5.41, 5.74) is 0.326. The highest BCUT2D eigenvalue weighted by atomic mass is 79.9. The summed E-state index contributed by atoms with van der Waals surface area (Å²) >= 11 is 3.03. The third kappa shape index (κ3) is 2.75. The number of ether oxygens (including phenoxy) is 1. The van der Waals surface area contributed by atoms with Gasteiger partial charge >= 0.3 is 0 Å². The SMILES string of the molecule is CCS(=O)(=O)[C@](C)(Br)C(=O)c1ccc(OC)cc1. The van der Waals surface area contributed by atoms with E-state index in [1.54, 1.807) is 24.3 Å². The van der Waals surface area contributed by atoms with Crippen LogP contribution in [0.4, 0.5) is 0 Å². The average molecular weight is 335 g/mol. The zero-order chi connectivity index (χ0) is 14.0. The summed E-state index contributed by atoms with van der Waals surface area (Å²) in [5.74, 6) is 0.0320. The minimum Gasteiger partial charge on any atom is -0.497 e. The van der Waals surface area contributed by atoms with Crippen LogP contribution in [-0.4, -0.2) is 30.7 Å². The number of halogens is 1. The number of hydrogen-bond donors (Lipinski definition) is 0. The summed E-state index contributed by atoms with van der Waals surface area (Å²) < 4.78 is 27.1. The van der Waals surface area contributed by atoms with Gasteiger partial charge in [-0.3, -0.25) is 4.79 Å². The number of benzene rings is 1. The lowest BCUT2D eigenvalue weighted by Gasteiger charge is -2.20. The molecule has 1 aromatic carbocycles. The second-order valence-corrected chi connectivity index (χ2v) is 8.61. The van der Waals surface area contributed by atoms with E-state index in [9.17, 15) is 13.2 Å². The van der Waals surface area contributed by atoms with Crippen LogP contribution in [0.3, 0.4) is 0 Å². The number of rotatable bonds is 5. The molecule has 0 N–H and O–H groups in total. The number of carbonyl (C=O) groups excluding carboxylic acids is 1. The monoisotopic (exact) mass is 334 g/mol. The van der Waals surface area contributed by atoms with Crippen molar-refractivity contribution in [3.05, 3.63) is 29.8 Å². The van der Waals surface area contributed by atoms with Crippen molar-refractivity contribution in [3.8, 4) is 5.75 Å². The van der Waals surface area contributed by atoms with E-state index in [2.05, 4.69) is 15.9 Å².